The molecule has 7 nitrogen and oxygen atoms in total. The van der Waals surface area contributed by atoms with Crippen LogP contribution in [0.2, 0.25) is 0 Å². The summed E-state index contributed by atoms with van der Waals surface area (Å²) in [4.78, 5) is 11.8. The molecule has 0 saturated carbocycles. The van der Waals surface area contributed by atoms with Crippen molar-refractivity contribution in [2.75, 3.05) is 26.4 Å². The van der Waals surface area contributed by atoms with Crippen molar-refractivity contribution in [1.82, 2.24) is 0 Å². The second kappa shape index (κ2) is 12.0. The van der Waals surface area contributed by atoms with E-state index in [-0.39, 0.29) is 45.2 Å². The van der Waals surface area contributed by atoms with Crippen LogP contribution in [0.25, 0.3) is 17.2 Å². The molecule has 0 spiro atoms. The van der Waals surface area contributed by atoms with Crippen LogP contribution in [0, 0.1) is 5.82 Å². The van der Waals surface area contributed by atoms with Crippen LogP contribution in [0.5, 0.6) is 11.5 Å². The van der Waals surface area contributed by atoms with Gasteiger partial charge in [0.05, 0.1) is 25.7 Å². The van der Waals surface area contributed by atoms with E-state index in [0.717, 1.165) is 11.1 Å². The Bertz CT molecular complexity index is 1000. The van der Waals surface area contributed by atoms with Gasteiger partial charge in [-0.2, -0.15) is 0 Å². The molecule has 1 heterocycles. The molecule has 0 radical (unpaired) electrons. The topological polar surface area (TPSA) is 105 Å². The molecule has 1 saturated heterocycles. The molecule has 184 valence electrons. The molecule has 2 atom stereocenters. The third-order valence-corrected chi connectivity index (χ3v) is 5.43. The van der Waals surface area contributed by atoms with Crippen molar-refractivity contribution in [3.63, 3.8) is 0 Å². The number of rotatable bonds is 10. The highest BCUT2D eigenvalue weighted by Gasteiger charge is 2.26. The molecule has 0 bridgehead atoms. The normalized spacial score (nSPS) is 18.4. The number of cyclic esters (lactones) is 1. The van der Waals surface area contributed by atoms with E-state index in [1.165, 1.54) is 12.1 Å². The maximum absolute atomic E-state index is 13.7. The number of hydrogen-bond donors (Lipinski definition) is 3. The number of aliphatic hydroxyl groups excluding tert-OH is 3. The van der Waals surface area contributed by atoms with E-state index in [9.17, 15) is 24.5 Å². The fourth-order valence-corrected chi connectivity index (χ4v) is 3.92. The van der Waals surface area contributed by atoms with E-state index in [1.54, 1.807) is 18.2 Å². The van der Waals surface area contributed by atoms with Gasteiger partial charge in [-0.1, -0.05) is 32.1 Å². The van der Waals surface area contributed by atoms with Crippen molar-refractivity contribution in [2.24, 2.45) is 0 Å². The van der Waals surface area contributed by atoms with Crippen molar-refractivity contribution < 1.29 is 38.7 Å². The molecule has 3 rings (SSSR count). The number of hydrogen-bond acceptors (Lipinski definition) is 7. The minimum absolute atomic E-state index is 0.000287. The first kappa shape index (κ1) is 25.7. The monoisotopic (exact) mass is 474 g/mol. The third-order valence-electron chi connectivity index (χ3n) is 5.43. The van der Waals surface area contributed by atoms with E-state index in [0.29, 0.717) is 22.6 Å². The SMILES string of the molecule is CC(C)c1cc(OCCO)c(OCCO)c(-c2ccc(F)cc2)c1/C=C/C1CC(O)CC(=O)O1. The van der Waals surface area contributed by atoms with Gasteiger partial charge in [-0.25, -0.2) is 4.39 Å². The van der Waals surface area contributed by atoms with Crippen molar-refractivity contribution in [3.05, 3.63) is 53.4 Å². The molecule has 34 heavy (non-hydrogen) atoms. The Kier molecular flexibility index (Phi) is 9.04. The number of carbonyl (C=O) groups excluding carboxylic acids is 1. The highest BCUT2D eigenvalue weighted by molar-refractivity contribution is 5.85. The van der Waals surface area contributed by atoms with Crippen LogP contribution in [0.4, 0.5) is 4.39 Å². The van der Waals surface area contributed by atoms with Crippen LogP contribution >= 0.6 is 0 Å². The summed E-state index contributed by atoms with van der Waals surface area (Å²) in [6.07, 6.45) is 2.43. The Labute approximate surface area is 198 Å². The van der Waals surface area contributed by atoms with E-state index in [1.807, 2.05) is 26.0 Å². The zero-order chi connectivity index (χ0) is 24.7. The van der Waals surface area contributed by atoms with Crippen LogP contribution < -0.4 is 9.47 Å². The maximum atomic E-state index is 13.7. The Hall–Kier alpha value is -2.94. The summed E-state index contributed by atoms with van der Waals surface area (Å²) in [5, 5.41) is 28.6. The number of halogens is 1. The predicted molar refractivity (Wildman–Crippen MR) is 125 cm³/mol. The summed E-state index contributed by atoms with van der Waals surface area (Å²) < 4.78 is 30.8. The highest BCUT2D eigenvalue weighted by Crippen LogP contribution is 2.45. The number of carbonyl (C=O) groups is 1. The van der Waals surface area contributed by atoms with Gasteiger partial charge in [0.1, 0.15) is 25.1 Å². The van der Waals surface area contributed by atoms with Gasteiger partial charge >= 0.3 is 5.97 Å². The second-order valence-corrected chi connectivity index (χ2v) is 8.37. The smallest absolute Gasteiger partial charge is 0.309 e. The van der Waals surface area contributed by atoms with Gasteiger partial charge in [0.15, 0.2) is 11.5 Å². The first-order valence-electron chi connectivity index (χ1n) is 11.3. The molecule has 8 heteroatoms. The molecule has 2 aromatic carbocycles. The molecule has 3 N–H and O–H groups in total. The molecule has 0 aromatic heterocycles. The summed E-state index contributed by atoms with van der Waals surface area (Å²) in [5.74, 6) is -0.0720. The van der Waals surface area contributed by atoms with Gasteiger partial charge in [-0.05, 0) is 46.9 Å². The second-order valence-electron chi connectivity index (χ2n) is 8.37. The molecule has 1 aliphatic heterocycles. The van der Waals surface area contributed by atoms with Crippen molar-refractivity contribution in [3.8, 4) is 22.6 Å². The first-order valence-corrected chi connectivity index (χ1v) is 11.3. The fraction of sp³-hybridized carbons (Fsp3) is 0.423. The van der Waals surface area contributed by atoms with Gasteiger partial charge in [-0.3, -0.25) is 4.79 Å². The van der Waals surface area contributed by atoms with Gasteiger partial charge in [0.25, 0.3) is 0 Å². The first-order chi connectivity index (χ1) is 16.3. The minimum Gasteiger partial charge on any atom is -0.487 e. The molecule has 2 aromatic rings. The quantitative estimate of drug-likeness (QED) is 0.453. The lowest BCUT2D eigenvalue weighted by Crippen LogP contribution is -2.31. The summed E-state index contributed by atoms with van der Waals surface area (Å²) in [5.41, 5.74) is 2.92. The van der Waals surface area contributed by atoms with Crippen molar-refractivity contribution in [2.45, 2.75) is 44.8 Å². The van der Waals surface area contributed by atoms with Crippen molar-refractivity contribution in [1.29, 1.82) is 0 Å². The lowest BCUT2D eigenvalue weighted by atomic mass is 9.88. The number of benzene rings is 2. The third kappa shape index (κ3) is 6.34. The molecular weight excluding hydrogens is 443 g/mol. The predicted octanol–water partition coefficient (Wildman–Crippen LogP) is 3.44. The molecule has 2 unspecified atom stereocenters. The van der Waals surface area contributed by atoms with Gasteiger partial charge in [-0.15, -0.1) is 0 Å². The molecule has 1 fully saturated rings. The number of ether oxygens (including phenoxy) is 3. The van der Waals surface area contributed by atoms with Gasteiger partial charge in [0.2, 0.25) is 0 Å². The Morgan fingerprint density at radius 2 is 1.82 bits per heavy atom. The fourth-order valence-electron chi connectivity index (χ4n) is 3.92. The Morgan fingerprint density at radius 1 is 1.15 bits per heavy atom. The summed E-state index contributed by atoms with van der Waals surface area (Å²) >= 11 is 0. The maximum Gasteiger partial charge on any atom is 0.309 e. The zero-order valence-electron chi connectivity index (χ0n) is 19.4. The standard InChI is InChI=1S/C26H31FO7/c1-16(2)22-15-23(32-11-9-28)26(33-12-10-29)25(17-3-5-18(27)6-4-17)21(22)8-7-20-13-19(30)14-24(31)34-20/h3-8,15-16,19-20,28-30H,9-14H2,1-2H3/b8-7+. The lowest BCUT2D eigenvalue weighted by molar-refractivity contribution is -0.156. The van der Waals surface area contributed by atoms with E-state index in [4.69, 9.17) is 14.2 Å². The van der Waals surface area contributed by atoms with E-state index < -0.39 is 24.0 Å². The Morgan fingerprint density at radius 3 is 2.44 bits per heavy atom. The molecule has 0 aliphatic carbocycles. The van der Waals surface area contributed by atoms with Crippen molar-refractivity contribution >= 4 is 12.0 Å². The average Bonchev–Trinajstić information content (AvgIpc) is 2.79. The Balaban J connectivity index is 2.22. The minimum atomic E-state index is -0.769. The molecular formula is C26H31FO7. The van der Waals surface area contributed by atoms with E-state index >= 15 is 0 Å². The van der Waals surface area contributed by atoms with Gasteiger partial charge in [0, 0.05) is 12.0 Å². The zero-order valence-corrected chi connectivity index (χ0v) is 19.4. The highest BCUT2D eigenvalue weighted by atomic mass is 19.1. The lowest BCUT2D eigenvalue weighted by Gasteiger charge is -2.25. The summed E-state index contributed by atoms with van der Waals surface area (Å²) in [6, 6.07) is 7.75. The van der Waals surface area contributed by atoms with E-state index in [2.05, 4.69) is 0 Å². The molecule has 1 aliphatic rings. The average molecular weight is 475 g/mol. The number of esters is 1. The summed E-state index contributed by atoms with van der Waals surface area (Å²) in [6.45, 7) is 3.64. The largest absolute Gasteiger partial charge is 0.487 e. The van der Waals surface area contributed by atoms with Crippen LogP contribution in [-0.4, -0.2) is 59.9 Å². The number of aliphatic hydroxyl groups is 3. The summed E-state index contributed by atoms with van der Waals surface area (Å²) in [7, 11) is 0. The van der Waals surface area contributed by atoms with Crippen LogP contribution in [0.3, 0.4) is 0 Å². The van der Waals surface area contributed by atoms with Crippen LogP contribution in [0.1, 0.15) is 43.7 Å². The molecule has 0 amide bonds. The van der Waals surface area contributed by atoms with Crippen LogP contribution in [0.15, 0.2) is 36.4 Å². The van der Waals surface area contributed by atoms with Crippen LogP contribution in [-0.2, 0) is 9.53 Å². The van der Waals surface area contributed by atoms with Gasteiger partial charge < -0.3 is 29.5 Å².